The lowest BCUT2D eigenvalue weighted by atomic mass is 9.70. The summed E-state index contributed by atoms with van der Waals surface area (Å²) in [5.74, 6) is -4.25. The lowest BCUT2D eigenvalue weighted by Gasteiger charge is -2.35. The molecule has 0 saturated heterocycles. The molecular formula is C42H76N6O12. The quantitative estimate of drug-likeness (QED) is 0.0482. The molecule has 0 aromatic carbocycles. The van der Waals surface area contributed by atoms with E-state index in [1.54, 1.807) is 55.4 Å². The molecule has 0 aliphatic heterocycles. The predicted molar refractivity (Wildman–Crippen MR) is 225 cm³/mol. The van der Waals surface area contributed by atoms with Crippen molar-refractivity contribution in [2.75, 3.05) is 59.7 Å². The number of carbonyl (C=O) groups is 8. The summed E-state index contributed by atoms with van der Waals surface area (Å²) in [4.78, 5) is 100. The summed E-state index contributed by atoms with van der Waals surface area (Å²) in [5.41, 5.74) is -3.12. The van der Waals surface area contributed by atoms with Crippen LogP contribution in [0, 0.1) is 21.7 Å². The van der Waals surface area contributed by atoms with Crippen molar-refractivity contribution in [2.24, 2.45) is 21.7 Å². The number of ether oxygens (including phenoxy) is 2. The lowest BCUT2D eigenvalue weighted by Crippen LogP contribution is -2.48. The number of nitrogens with one attached hydrogen (secondary N) is 5. The highest BCUT2D eigenvalue weighted by Gasteiger charge is 2.39. The highest BCUT2D eigenvalue weighted by Crippen LogP contribution is 2.39. The molecule has 0 aliphatic carbocycles. The number of hydrogen-bond acceptors (Lipinski definition) is 10. The van der Waals surface area contributed by atoms with Crippen molar-refractivity contribution in [3.8, 4) is 0 Å². The molecule has 60 heavy (non-hydrogen) atoms. The summed E-state index contributed by atoms with van der Waals surface area (Å²) >= 11 is 0. The van der Waals surface area contributed by atoms with E-state index in [9.17, 15) is 48.6 Å². The van der Waals surface area contributed by atoms with Crippen LogP contribution < -0.4 is 26.6 Å². The Labute approximate surface area is 356 Å². The fraction of sp³-hybridized carbons (Fsp3) is 0.810. The Balaban J connectivity index is 4.51. The summed E-state index contributed by atoms with van der Waals surface area (Å²) in [6.07, 6.45) is 2.75. The van der Waals surface area contributed by atoms with Crippen LogP contribution in [0.25, 0.3) is 0 Å². The Kier molecular flexibility index (Phi) is 24.9. The zero-order valence-electron chi connectivity index (χ0n) is 38.1. The molecule has 0 bridgehead atoms. The highest BCUT2D eigenvalue weighted by atomic mass is 16.5. The van der Waals surface area contributed by atoms with Crippen LogP contribution in [-0.4, -0.2) is 134 Å². The molecule has 0 aliphatic rings. The van der Waals surface area contributed by atoms with Crippen LogP contribution in [0.1, 0.15) is 127 Å². The van der Waals surface area contributed by atoms with E-state index in [0.29, 0.717) is 32.1 Å². The van der Waals surface area contributed by atoms with E-state index in [4.69, 9.17) is 9.47 Å². The molecule has 0 radical (unpaired) electrons. The molecule has 1 unspecified atom stereocenters. The zero-order valence-corrected chi connectivity index (χ0v) is 38.1. The molecule has 0 saturated carbocycles. The minimum atomic E-state index is -1.16. The van der Waals surface area contributed by atoms with Gasteiger partial charge >= 0.3 is 11.9 Å². The fourth-order valence-electron chi connectivity index (χ4n) is 6.41. The largest absolute Gasteiger partial charge is 0.481 e. The maximum atomic E-state index is 13.1. The monoisotopic (exact) mass is 857 g/mol. The van der Waals surface area contributed by atoms with E-state index >= 15 is 0 Å². The SMILES string of the molecule is CCC(C)(CC(=O)O)CC(C)(C)C(=O)N[C@@H](CCCCC(C)(C)C(=O)NCCOCCOCCC(C)(C)C(=O)NCCC(=O)N(CC(=O)NC)CC(=O)NC(C)C)C(=O)O. The summed E-state index contributed by atoms with van der Waals surface area (Å²) in [7, 11) is 1.44. The molecular weight excluding hydrogens is 780 g/mol. The summed E-state index contributed by atoms with van der Waals surface area (Å²) < 4.78 is 11.2. The molecule has 0 fully saturated rings. The molecule has 346 valence electrons. The van der Waals surface area contributed by atoms with Crippen molar-refractivity contribution in [3.63, 3.8) is 0 Å². The van der Waals surface area contributed by atoms with Crippen LogP contribution in [0.15, 0.2) is 0 Å². The molecule has 6 amide bonds. The smallest absolute Gasteiger partial charge is 0.326 e. The van der Waals surface area contributed by atoms with Gasteiger partial charge in [0.2, 0.25) is 35.4 Å². The van der Waals surface area contributed by atoms with E-state index in [2.05, 4.69) is 26.6 Å². The van der Waals surface area contributed by atoms with Crippen LogP contribution in [-0.2, 0) is 47.8 Å². The Hall–Kier alpha value is -4.32. The zero-order chi connectivity index (χ0) is 46.3. The Morgan fingerprint density at radius 2 is 1.22 bits per heavy atom. The van der Waals surface area contributed by atoms with Crippen molar-refractivity contribution < 1.29 is 58.0 Å². The van der Waals surface area contributed by atoms with E-state index in [1.807, 2.05) is 13.8 Å². The number of amides is 6. The standard InChI is InChI=1S/C42H76N6O12/c1-12-42(10,25-34(52)53)28-41(8,9)38(58)47-30(35(54)55)15-13-14-17-39(4,5)36(56)45-20-22-60-24-23-59-21-18-40(6,7)37(57)44-19-16-33(51)48(26-31(49)43-11)27-32(50)46-29(2)3/h29-30H,12-28H2,1-11H3,(H,43,49)(H,44,57)(H,45,56)(H,46,50)(H,47,58)(H,52,53)(H,54,55)/t30-,42?/m0/s1. The van der Waals surface area contributed by atoms with Crippen molar-refractivity contribution in [1.29, 1.82) is 0 Å². The normalized spacial score (nSPS) is 13.4. The van der Waals surface area contributed by atoms with Crippen LogP contribution in [0.4, 0.5) is 0 Å². The van der Waals surface area contributed by atoms with E-state index in [1.165, 1.54) is 7.05 Å². The van der Waals surface area contributed by atoms with Crippen molar-refractivity contribution in [2.45, 2.75) is 139 Å². The molecule has 18 nitrogen and oxygen atoms in total. The second kappa shape index (κ2) is 26.8. The van der Waals surface area contributed by atoms with Crippen molar-refractivity contribution in [3.05, 3.63) is 0 Å². The van der Waals surface area contributed by atoms with Gasteiger partial charge in [0, 0.05) is 55.5 Å². The van der Waals surface area contributed by atoms with Gasteiger partial charge in [-0.2, -0.15) is 0 Å². The number of unbranched alkanes of at least 4 members (excludes halogenated alkanes) is 1. The number of carboxylic acid groups (broad SMARTS) is 2. The Bertz CT molecular complexity index is 1430. The van der Waals surface area contributed by atoms with Gasteiger partial charge < -0.3 is 51.2 Å². The molecule has 0 aromatic heterocycles. The van der Waals surface area contributed by atoms with E-state index in [-0.39, 0.29) is 102 Å². The van der Waals surface area contributed by atoms with Gasteiger partial charge in [-0.15, -0.1) is 0 Å². The van der Waals surface area contributed by atoms with Gasteiger partial charge in [-0.1, -0.05) is 74.7 Å². The van der Waals surface area contributed by atoms with E-state index in [0.717, 1.165) is 4.90 Å². The molecule has 0 aromatic rings. The molecule has 2 atom stereocenters. The average Bonchev–Trinajstić information content (AvgIpc) is 3.13. The van der Waals surface area contributed by atoms with Gasteiger partial charge in [0.1, 0.15) is 19.1 Å². The third-order valence-electron chi connectivity index (χ3n) is 10.4. The maximum Gasteiger partial charge on any atom is 0.326 e. The van der Waals surface area contributed by atoms with Gasteiger partial charge in [0.15, 0.2) is 0 Å². The number of carboxylic acids is 2. The van der Waals surface area contributed by atoms with Gasteiger partial charge in [0.05, 0.1) is 26.2 Å². The van der Waals surface area contributed by atoms with E-state index < -0.39 is 57.4 Å². The third-order valence-corrected chi connectivity index (χ3v) is 10.4. The Morgan fingerprint density at radius 3 is 1.75 bits per heavy atom. The lowest BCUT2D eigenvalue weighted by molar-refractivity contribution is -0.145. The van der Waals surface area contributed by atoms with Gasteiger partial charge in [-0.3, -0.25) is 33.6 Å². The minimum absolute atomic E-state index is 0.0340. The van der Waals surface area contributed by atoms with Gasteiger partial charge in [-0.25, -0.2) is 4.79 Å². The second-order valence-electron chi connectivity index (χ2n) is 18.1. The van der Waals surface area contributed by atoms with Crippen LogP contribution in [0.5, 0.6) is 0 Å². The molecule has 0 heterocycles. The molecule has 0 spiro atoms. The number of hydrogen-bond donors (Lipinski definition) is 7. The third kappa shape index (κ3) is 22.9. The number of likely N-dealkylation sites (N-methyl/N-ethyl adjacent to an activating group) is 1. The van der Waals surface area contributed by atoms with Crippen molar-refractivity contribution in [1.82, 2.24) is 31.5 Å². The second-order valence-corrected chi connectivity index (χ2v) is 18.1. The number of rotatable bonds is 32. The summed E-state index contributed by atoms with van der Waals surface area (Å²) in [6.45, 7) is 18.6. The van der Waals surface area contributed by atoms with Crippen molar-refractivity contribution >= 4 is 47.4 Å². The predicted octanol–water partition coefficient (Wildman–Crippen LogP) is 2.62. The maximum absolute atomic E-state index is 13.1. The van der Waals surface area contributed by atoms with Gasteiger partial charge in [0.25, 0.3) is 0 Å². The fourth-order valence-corrected chi connectivity index (χ4v) is 6.41. The Morgan fingerprint density at radius 1 is 0.667 bits per heavy atom. The van der Waals surface area contributed by atoms with Gasteiger partial charge in [-0.05, 0) is 44.9 Å². The number of nitrogens with zero attached hydrogens (tertiary/aromatic N) is 1. The average molecular weight is 857 g/mol. The van der Waals surface area contributed by atoms with Crippen LogP contribution >= 0.6 is 0 Å². The molecule has 7 N–H and O–H groups in total. The summed E-state index contributed by atoms with van der Waals surface area (Å²) in [5, 5.41) is 32.5. The first-order valence-electron chi connectivity index (χ1n) is 21.0. The summed E-state index contributed by atoms with van der Waals surface area (Å²) in [6, 6.07) is -1.24. The number of aliphatic carboxylic acids is 2. The minimum Gasteiger partial charge on any atom is -0.481 e. The molecule has 18 heteroatoms. The molecule has 0 rings (SSSR count). The topological polar surface area (TPSA) is 259 Å². The first-order chi connectivity index (χ1) is 27.7. The number of carbonyl (C=O) groups excluding carboxylic acids is 6. The van der Waals surface area contributed by atoms with Crippen LogP contribution in [0.2, 0.25) is 0 Å². The first-order valence-corrected chi connectivity index (χ1v) is 21.0. The highest BCUT2D eigenvalue weighted by molar-refractivity contribution is 5.90. The van der Waals surface area contributed by atoms with Crippen LogP contribution in [0.3, 0.4) is 0 Å². The first kappa shape index (κ1) is 55.7.